The molecule has 0 fully saturated rings. The first-order valence-electron chi connectivity index (χ1n) is 7.58. The first-order valence-corrected chi connectivity index (χ1v) is 9.44. The van der Waals surface area contributed by atoms with Crippen LogP contribution in [-0.2, 0) is 12.8 Å². The second-order valence-electron chi connectivity index (χ2n) is 5.80. The van der Waals surface area contributed by atoms with Crippen molar-refractivity contribution < 1.29 is 0 Å². The van der Waals surface area contributed by atoms with Crippen LogP contribution < -0.4 is 0 Å². The van der Waals surface area contributed by atoms with E-state index in [9.17, 15) is 0 Å². The summed E-state index contributed by atoms with van der Waals surface area (Å²) in [6.45, 7) is 6.38. The van der Waals surface area contributed by atoms with Crippen LogP contribution in [0.4, 0.5) is 0 Å². The van der Waals surface area contributed by atoms with Crippen LogP contribution in [0.25, 0.3) is 10.6 Å². The number of aryl methyl sites for hydroxylation is 1. The van der Waals surface area contributed by atoms with Gasteiger partial charge in [0.2, 0.25) is 0 Å². The molecule has 0 amide bonds. The second-order valence-corrected chi connectivity index (χ2v) is 7.60. The molecular formula is C17H20N4S2. The van der Waals surface area contributed by atoms with Crippen molar-refractivity contribution in [3.8, 4) is 10.6 Å². The van der Waals surface area contributed by atoms with Crippen LogP contribution in [-0.4, -0.2) is 19.7 Å². The Morgan fingerprint density at radius 1 is 1.17 bits per heavy atom. The van der Waals surface area contributed by atoms with Crippen molar-refractivity contribution in [1.82, 2.24) is 19.7 Å². The minimum absolute atomic E-state index is 0.558. The molecule has 0 unspecified atom stereocenters. The molecule has 0 saturated heterocycles. The van der Waals surface area contributed by atoms with E-state index < -0.39 is 0 Å². The molecule has 0 spiro atoms. The maximum atomic E-state index is 4.75. The van der Waals surface area contributed by atoms with E-state index in [1.807, 2.05) is 18.5 Å². The highest BCUT2D eigenvalue weighted by Gasteiger charge is 2.09. The molecule has 0 radical (unpaired) electrons. The molecule has 6 heteroatoms. The molecule has 3 aromatic rings. The SMILES string of the molecule is Cc1nnc(SCc2csc(-c3ccc(C(C)C)cc3)n2)n1C. The normalized spacial score (nSPS) is 11.3. The Labute approximate surface area is 145 Å². The molecule has 120 valence electrons. The Morgan fingerprint density at radius 3 is 2.52 bits per heavy atom. The van der Waals surface area contributed by atoms with Crippen LogP contribution >= 0.6 is 23.1 Å². The van der Waals surface area contributed by atoms with E-state index >= 15 is 0 Å². The first kappa shape index (κ1) is 16.2. The van der Waals surface area contributed by atoms with Gasteiger partial charge >= 0.3 is 0 Å². The highest BCUT2D eigenvalue weighted by Crippen LogP contribution is 2.28. The van der Waals surface area contributed by atoms with Gasteiger partial charge in [-0.05, 0) is 18.4 Å². The Bertz CT molecular complexity index is 787. The van der Waals surface area contributed by atoms with Crippen LogP contribution in [0.15, 0.2) is 34.8 Å². The van der Waals surface area contributed by atoms with E-state index in [-0.39, 0.29) is 0 Å². The van der Waals surface area contributed by atoms with E-state index in [4.69, 9.17) is 4.98 Å². The average molecular weight is 345 g/mol. The average Bonchev–Trinajstić information content (AvgIpc) is 3.14. The minimum atomic E-state index is 0.558. The lowest BCUT2D eigenvalue weighted by Gasteiger charge is -2.05. The number of hydrogen-bond donors (Lipinski definition) is 0. The molecule has 3 rings (SSSR count). The lowest BCUT2D eigenvalue weighted by atomic mass is 10.0. The van der Waals surface area contributed by atoms with Crippen LogP contribution in [0.3, 0.4) is 0 Å². The van der Waals surface area contributed by atoms with Crippen molar-refractivity contribution in [2.24, 2.45) is 7.05 Å². The van der Waals surface area contributed by atoms with E-state index in [0.29, 0.717) is 5.92 Å². The predicted molar refractivity (Wildman–Crippen MR) is 96.9 cm³/mol. The van der Waals surface area contributed by atoms with Gasteiger partial charge in [0.15, 0.2) is 5.16 Å². The third kappa shape index (κ3) is 3.64. The highest BCUT2D eigenvalue weighted by atomic mass is 32.2. The fourth-order valence-electron chi connectivity index (χ4n) is 2.17. The van der Waals surface area contributed by atoms with Gasteiger partial charge in [0.1, 0.15) is 10.8 Å². The van der Waals surface area contributed by atoms with Gasteiger partial charge in [-0.2, -0.15) is 0 Å². The molecule has 0 aliphatic heterocycles. The summed E-state index contributed by atoms with van der Waals surface area (Å²) in [4.78, 5) is 4.75. The van der Waals surface area contributed by atoms with Crippen molar-refractivity contribution in [3.63, 3.8) is 0 Å². The summed E-state index contributed by atoms with van der Waals surface area (Å²) in [7, 11) is 1.99. The summed E-state index contributed by atoms with van der Waals surface area (Å²) < 4.78 is 2.00. The van der Waals surface area contributed by atoms with Crippen molar-refractivity contribution in [2.45, 2.75) is 37.6 Å². The zero-order valence-electron chi connectivity index (χ0n) is 13.8. The summed E-state index contributed by atoms with van der Waals surface area (Å²) in [6.07, 6.45) is 0. The van der Waals surface area contributed by atoms with Crippen LogP contribution in [0.5, 0.6) is 0 Å². The Kier molecular flexibility index (Phi) is 4.82. The van der Waals surface area contributed by atoms with Crippen molar-refractivity contribution in [3.05, 3.63) is 46.7 Å². The monoisotopic (exact) mass is 344 g/mol. The van der Waals surface area contributed by atoms with Gasteiger partial charge in [-0.25, -0.2) is 4.98 Å². The fraction of sp³-hybridized carbons (Fsp3) is 0.353. The lowest BCUT2D eigenvalue weighted by Crippen LogP contribution is -1.94. The highest BCUT2D eigenvalue weighted by molar-refractivity contribution is 7.98. The molecule has 2 heterocycles. The summed E-state index contributed by atoms with van der Waals surface area (Å²) in [5.74, 6) is 2.30. The topological polar surface area (TPSA) is 43.6 Å². The second kappa shape index (κ2) is 6.84. The van der Waals surface area contributed by atoms with Crippen LogP contribution in [0.2, 0.25) is 0 Å². The minimum Gasteiger partial charge on any atom is -0.309 e. The standard InChI is InChI=1S/C17H20N4S2/c1-11(2)13-5-7-14(8-6-13)16-18-15(9-22-16)10-23-17-20-19-12(3)21(17)4/h5-9,11H,10H2,1-4H3. The smallest absolute Gasteiger partial charge is 0.191 e. The molecule has 0 saturated carbocycles. The number of thiazole rings is 1. The molecule has 2 aromatic heterocycles. The van der Waals surface area contributed by atoms with Gasteiger partial charge < -0.3 is 4.57 Å². The number of benzene rings is 1. The third-order valence-electron chi connectivity index (χ3n) is 3.78. The summed E-state index contributed by atoms with van der Waals surface area (Å²) in [5.41, 5.74) is 3.63. The maximum Gasteiger partial charge on any atom is 0.191 e. The molecule has 23 heavy (non-hydrogen) atoms. The molecule has 0 N–H and O–H groups in total. The summed E-state index contributed by atoms with van der Waals surface area (Å²) in [6, 6.07) is 8.71. The Hall–Kier alpha value is -1.66. The van der Waals surface area contributed by atoms with Gasteiger partial charge in [0, 0.05) is 23.7 Å². The molecule has 0 aliphatic carbocycles. The number of aromatic nitrogens is 4. The van der Waals surface area contributed by atoms with Gasteiger partial charge in [0.25, 0.3) is 0 Å². The fourth-order valence-corrected chi connectivity index (χ4v) is 3.95. The molecule has 1 aromatic carbocycles. The Balaban J connectivity index is 1.69. The van der Waals surface area contributed by atoms with Crippen LogP contribution in [0, 0.1) is 6.92 Å². The largest absolute Gasteiger partial charge is 0.309 e. The number of nitrogens with zero attached hydrogens (tertiary/aromatic N) is 4. The van der Waals surface area contributed by atoms with Gasteiger partial charge in [-0.1, -0.05) is 49.9 Å². The third-order valence-corrected chi connectivity index (χ3v) is 5.77. The summed E-state index contributed by atoms with van der Waals surface area (Å²) in [5, 5.41) is 12.4. The van der Waals surface area contributed by atoms with E-state index in [2.05, 4.69) is 53.7 Å². The van der Waals surface area contributed by atoms with Gasteiger partial charge in [0.05, 0.1) is 5.69 Å². The van der Waals surface area contributed by atoms with E-state index in [1.54, 1.807) is 23.1 Å². The molecular weight excluding hydrogens is 324 g/mol. The van der Waals surface area contributed by atoms with Crippen molar-refractivity contribution in [1.29, 1.82) is 0 Å². The molecule has 4 nitrogen and oxygen atoms in total. The van der Waals surface area contributed by atoms with Crippen molar-refractivity contribution in [2.75, 3.05) is 0 Å². The van der Waals surface area contributed by atoms with Gasteiger partial charge in [-0.15, -0.1) is 21.5 Å². The summed E-state index contributed by atoms with van der Waals surface area (Å²) >= 11 is 3.36. The zero-order chi connectivity index (χ0) is 16.4. The molecule has 0 atom stereocenters. The predicted octanol–water partition coefficient (Wildman–Crippen LogP) is 4.66. The van der Waals surface area contributed by atoms with Crippen LogP contribution in [0.1, 0.15) is 36.8 Å². The maximum absolute atomic E-state index is 4.75. The lowest BCUT2D eigenvalue weighted by molar-refractivity contribution is 0.765. The van der Waals surface area contributed by atoms with Crippen molar-refractivity contribution >= 4 is 23.1 Å². The zero-order valence-corrected chi connectivity index (χ0v) is 15.4. The quantitative estimate of drug-likeness (QED) is 0.631. The number of thioether (sulfide) groups is 1. The number of rotatable bonds is 5. The first-order chi connectivity index (χ1) is 11.0. The van der Waals surface area contributed by atoms with Gasteiger partial charge in [-0.3, -0.25) is 0 Å². The number of hydrogen-bond acceptors (Lipinski definition) is 5. The van der Waals surface area contributed by atoms with E-state index in [0.717, 1.165) is 27.4 Å². The van der Waals surface area contributed by atoms with E-state index in [1.165, 1.54) is 11.1 Å². The Morgan fingerprint density at radius 2 is 1.91 bits per heavy atom. The molecule has 0 aliphatic rings. The molecule has 0 bridgehead atoms.